The van der Waals surface area contributed by atoms with Gasteiger partial charge < -0.3 is 10.0 Å². The van der Waals surface area contributed by atoms with Crippen LogP contribution < -0.4 is 0 Å². The second-order valence-electron chi connectivity index (χ2n) is 7.65. The van der Waals surface area contributed by atoms with E-state index in [1.807, 2.05) is 67.6 Å². The Morgan fingerprint density at radius 2 is 1.63 bits per heavy atom. The maximum absolute atomic E-state index is 13.2. The summed E-state index contributed by atoms with van der Waals surface area (Å²) in [6.07, 6.45) is 0.944. The van der Waals surface area contributed by atoms with Gasteiger partial charge in [0.05, 0.1) is 6.04 Å². The smallest absolute Gasteiger partial charge is 0.290 e. The van der Waals surface area contributed by atoms with Gasteiger partial charge in [-0.15, -0.1) is 0 Å². The molecule has 0 bridgehead atoms. The minimum atomic E-state index is -0.387. The molecule has 0 saturated heterocycles. The zero-order valence-electron chi connectivity index (χ0n) is 17.1. The first-order valence-electron chi connectivity index (χ1n) is 10.1. The van der Waals surface area contributed by atoms with Crippen molar-refractivity contribution in [1.29, 1.82) is 0 Å². The standard InChI is InChI=1S/C26H24ClNO2/c1-3-18-10-14-20(15-11-18)24-23(19-12-8-17(2)9-13-19)25(29)26(30)28(24)16-21-6-4-5-7-22(21)27/h4-15,24,29H,3,16H2,1-2H3. The lowest BCUT2D eigenvalue weighted by molar-refractivity contribution is -0.130. The van der Waals surface area contributed by atoms with Crippen LogP contribution in [-0.4, -0.2) is 15.9 Å². The van der Waals surface area contributed by atoms with Gasteiger partial charge in [-0.3, -0.25) is 4.79 Å². The molecule has 30 heavy (non-hydrogen) atoms. The first kappa shape index (κ1) is 20.2. The summed E-state index contributed by atoms with van der Waals surface area (Å²) in [5.41, 5.74) is 5.65. The number of nitrogens with zero attached hydrogens (tertiary/aromatic N) is 1. The Kier molecular flexibility index (Phi) is 5.65. The molecule has 0 fully saturated rings. The van der Waals surface area contributed by atoms with Crippen molar-refractivity contribution >= 4 is 23.1 Å². The fourth-order valence-corrected chi connectivity index (χ4v) is 4.13. The van der Waals surface area contributed by atoms with Gasteiger partial charge in [0.1, 0.15) is 0 Å². The summed E-state index contributed by atoms with van der Waals surface area (Å²) in [6.45, 7) is 4.45. The van der Waals surface area contributed by atoms with Crippen LogP contribution in [0.4, 0.5) is 0 Å². The van der Waals surface area contributed by atoms with Crippen LogP contribution in [0.25, 0.3) is 5.57 Å². The lowest BCUT2D eigenvalue weighted by atomic mass is 9.92. The molecule has 0 radical (unpaired) electrons. The molecular weight excluding hydrogens is 394 g/mol. The molecule has 3 aromatic rings. The van der Waals surface area contributed by atoms with Crippen LogP contribution in [0.15, 0.2) is 78.6 Å². The Bertz CT molecular complexity index is 1100. The van der Waals surface area contributed by atoms with E-state index < -0.39 is 0 Å². The van der Waals surface area contributed by atoms with E-state index in [0.29, 0.717) is 17.1 Å². The largest absolute Gasteiger partial charge is 0.503 e. The molecule has 3 aromatic carbocycles. The fraction of sp³-hybridized carbons (Fsp3) is 0.192. The van der Waals surface area contributed by atoms with Crippen LogP contribution >= 0.6 is 11.6 Å². The van der Waals surface area contributed by atoms with E-state index in [2.05, 4.69) is 19.1 Å². The lowest BCUT2D eigenvalue weighted by Gasteiger charge is -2.28. The van der Waals surface area contributed by atoms with Gasteiger partial charge in [-0.2, -0.15) is 0 Å². The molecule has 4 heteroatoms. The fourth-order valence-electron chi connectivity index (χ4n) is 3.94. The normalized spacial score (nSPS) is 16.4. The van der Waals surface area contributed by atoms with Crippen LogP contribution in [0.5, 0.6) is 0 Å². The van der Waals surface area contributed by atoms with Gasteiger partial charge in [0.25, 0.3) is 5.91 Å². The SMILES string of the molecule is CCc1ccc(C2C(c3ccc(C)cc3)=C(O)C(=O)N2Cc2ccccc2Cl)cc1. The first-order valence-corrected chi connectivity index (χ1v) is 10.5. The molecule has 3 nitrogen and oxygen atoms in total. The molecule has 1 unspecified atom stereocenters. The van der Waals surface area contributed by atoms with Gasteiger partial charge in [0.15, 0.2) is 5.76 Å². The Morgan fingerprint density at radius 1 is 0.967 bits per heavy atom. The van der Waals surface area contributed by atoms with Crippen molar-refractivity contribution in [3.8, 4) is 0 Å². The number of benzene rings is 3. The van der Waals surface area contributed by atoms with Gasteiger partial charge >= 0.3 is 0 Å². The number of carbonyl (C=O) groups is 1. The second-order valence-corrected chi connectivity index (χ2v) is 8.06. The predicted molar refractivity (Wildman–Crippen MR) is 121 cm³/mol. The van der Waals surface area contributed by atoms with Crippen molar-refractivity contribution in [3.63, 3.8) is 0 Å². The van der Waals surface area contributed by atoms with Crippen molar-refractivity contribution < 1.29 is 9.90 Å². The van der Waals surface area contributed by atoms with Crippen molar-refractivity contribution in [1.82, 2.24) is 4.90 Å². The molecule has 0 spiro atoms. The van der Waals surface area contributed by atoms with E-state index in [1.165, 1.54) is 5.56 Å². The van der Waals surface area contributed by atoms with Gasteiger partial charge in [0.2, 0.25) is 0 Å². The zero-order chi connectivity index (χ0) is 21.3. The molecule has 1 aliphatic rings. The van der Waals surface area contributed by atoms with Gasteiger partial charge in [0, 0.05) is 17.1 Å². The Labute approximate surface area is 182 Å². The lowest BCUT2D eigenvalue weighted by Crippen LogP contribution is -2.30. The number of rotatable bonds is 5. The Morgan fingerprint density at radius 3 is 2.27 bits per heavy atom. The van der Waals surface area contributed by atoms with E-state index >= 15 is 0 Å². The number of aliphatic hydroxyl groups excluding tert-OH is 1. The highest BCUT2D eigenvalue weighted by Crippen LogP contribution is 2.44. The molecule has 0 aromatic heterocycles. The van der Waals surface area contributed by atoms with Crippen molar-refractivity contribution in [2.24, 2.45) is 0 Å². The third-order valence-electron chi connectivity index (χ3n) is 5.67. The minimum absolute atomic E-state index is 0.199. The third kappa shape index (κ3) is 3.73. The van der Waals surface area contributed by atoms with Gasteiger partial charge in [-0.25, -0.2) is 0 Å². The number of halogens is 1. The highest BCUT2D eigenvalue weighted by molar-refractivity contribution is 6.31. The number of amides is 1. The number of hydrogen-bond donors (Lipinski definition) is 1. The van der Waals surface area contributed by atoms with Crippen LogP contribution in [0.2, 0.25) is 5.02 Å². The van der Waals surface area contributed by atoms with E-state index in [1.54, 1.807) is 4.90 Å². The number of carbonyl (C=O) groups excluding carboxylic acids is 1. The van der Waals surface area contributed by atoms with E-state index in [9.17, 15) is 9.90 Å². The summed E-state index contributed by atoms with van der Waals surface area (Å²) in [5.74, 6) is -0.578. The predicted octanol–water partition coefficient (Wildman–Crippen LogP) is 6.26. The van der Waals surface area contributed by atoms with Gasteiger partial charge in [-0.1, -0.05) is 90.8 Å². The van der Waals surface area contributed by atoms with E-state index in [4.69, 9.17) is 11.6 Å². The Balaban J connectivity index is 1.82. The highest BCUT2D eigenvalue weighted by Gasteiger charge is 2.41. The van der Waals surface area contributed by atoms with Crippen LogP contribution in [-0.2, 0) is 17.8 Å². The third-order valence-corrected chi connectivity index (χ3v) is 6.04. The molecular formula is C26H24ClNO2. The van der Waals surface area contributed by atoms with Crippen molar-refractivity contribution in [2.45, 2.75) is 32.9 Å². The van der Waals surface area contributed by atoms with Crippen molar-refractivity contribution in [2.75, 3.05) is 0 Å². The zero-order valence-corrected chi connectivity index (χ0v) is 17.9. The summed E-state index contributed by atoms with van der Waals surface area (Å²) in [5, 5.41) is 11.5. The monoisotopic (exact) mass is 417 g/mol. The minimum Gasteiger partial charge on any atom is -0.503 e. The number of hydrogen-bond acceptors (Lipinski definition) is 2. The molecule has 1 aliphatic heterocycles. The molecule has 152 valence electrons. The summed E-state index contributed by atoms with van der Waals surface area (Å²) in [6, 6.07) is 23.3. The highest BCUT2D eigenvalue weighted by atomic mass is 35.5. The summed E-state index contributed by atoms with van der Waals surface area (Å²) in [7, 11) is 0. The van der Waals surface area contributed by atoms with E-state index in [-0.39, 0.29) is 17.7 Å². The molecule has 0 saturated carbocycles. The molecule has 1 amide bonds. The quantitative estimate of drug-likeness (QED) is 0.532. The molecule has 1 heterocycles. The van der Waals surface area contributed by atoms with E-state index in [0.717, 1.165) is 28.7 Å². The summed E-state index contributed by atoms with van der Waals surface area (Å²) >= 11 is 6.38. The maximum Gasteiger partial charge on any atom is 0.290 e. The summed E-state index contributed by atoms with van der Waals surface area (Å²) < 4.78 is 0. The molecule has 1 N–H and O–H groups in total. The Hall–Kier alpha value is -3.04. The van der Waals surface area contributed by atoms with Crippen LogP contribution in [0.3, 0.4) is 0 Å². The topological polar surface area (TPSA) is 40.5 Å². The molecule has 1 atom stereocenters. The second kappa shape index (κ2) is 8.37. The summed E-state index contributed by atoms with van der Waals surface area (Å²) in [4.78, 5) is 14.9. The van der Waals surface area contributed by atoms with Crippen LogP contribution in [0.1, 0.15) is 40.8 Å². The average molecular weight is 418 g/mol. The number of aryl methyl sites for hydroxylation is 2. The maximum atomic E-state index is 13.2. The molecule has 0 aliphatic carbocycles. The average Bonchev–Trinajstić information content (AvgIpc) is 3.01. The van der Waals surface area contributed by atoms with Crippen molar-refractivity contribution in [3.05, 3.63) is 111 Å². The number of aliphatic hydroxyl groups is 1. The first-order chi connectivity index (χ1) is 14.5. The van der Waals surface area contributed by atoms with Crippen LogP contribution in [0, 0.1) is 6.92 Å². The van der Waals surface area contributed by atoms with Gasteiger partial charge in [-0.05, 0) is 41.7 Å². The molecule has 4 rings (SSSR count).